The molecule has 0 saturated carbocycles. The van der Waals surface area contributed by atoms with E-state index < -0.39 is 0 Å². The smallest absolute Gasteiger partial charge is 0.128 e. The molecule has 0 aromatic heterocycles. The van der Waals surface area contributed by atoms with E-state index in [9.17, 15) is 0 Å². The van der Waals surface area contributed by atoms with Crippen molar-refractivity contribution in [3.05, 3.63) is 89.0 Å². The number of morpholine rings is 1. The number of allylic oxidation sites excluding steroid dienone is 1. The highest BCUT2D eigenvalue weighted by atomic mass is 16.5. The van der Waals surface area contributed by atoms with Crippen molar-refractivity contribution in [1.82, 2.24) is 5.32 Å². The van der Waals surface area contributed by atoms with Crippen LogP contribution >= 0.6 is 0 Å². The molecular formula is C28H28N4O. The molecule has 166 valence electrons. The lowest BCUT2D eigenvalue weighted by Gasteiger charge is -2.28. The van der Waals surface area contributed by atoms with Crippen LogP contribution in [0.5, 0.6) is 0 Å². The minimum atomic E-state index is 0.807. The molecular weight excluding hydrogens is 408 g/mol. The number of rotatable bonds is 5. The van der Waals surface area contributed by atoms with Crippen LogP contribution in [-0.4, -0.2) is 45.2 Å². The quantitative estimate of drug-likeness (QED) is 0.608. The third-order valence-corrected chi connectivity index (χ3v) is 6.59. The van der Waals surface area contributed by atoms with E-state index in [1.165, 1.54) is 33.5 Å². The zero-order valence-corrected chi connectivity index (χ0v) is 18.7. The SMILES string of the molecule is C1=C(c2ccc(Nc3ccc(N4CCOCC4)cc3)cc2)Cc2cc(C3=NCCN3)ccc21. The Bertz CT molecular complexity index is 1210. The Kier molecular flexibility index (Phi) is 5.32. The number of anilines is 3. The third-order valence-electron chi connectivity index (χ3n) is 6.59. The van der Waals surface area contributed by atoms with Gasteiger partial charge in [-0.2, -0.15) is 0 Å². The van der Waals surface area contributed by atoms with Crippen molar-refractivity contribution in [3.63, 3.8) is 0 Å². The first-order valence-corrected chi connectivity index (χ1v) is 11.7. The molecule has 0 radical (unpaired) electrons. The van der Waals surface area contributed by atoms with Gasteiger partial charge in [-0.1, -0.05) is 30.3 Å². The fraction of sp³-hybridized carbons (Fsp3) is 0.250. The molecule has 6 rings (SSSR count). The lowest BCUT2D eigenvalue weighted by Crippen LogP contribution is -2.36. The summed E-state index contributed by atoms with van der Waals surface area (Å²) in [5.41, 5.74) is 9.98. The first kappa shape index (κ1) is 20.1. The van der Waals surface area contributed by atoms with Gasteiger partial charge in [-0.3, -0.25) is 4.99 Å². The summed E-state index contributed by atoms with van der Waals surface area (Å²) in [6.07, 6.45) is 3.28. The zero-order valence-electron chi connectivity index (χ0n) is 18.7. The number of nitrogens with one attached hydrogen (secondary N) is 2. The highest BCUT2D eigenvalue weighted by molar-refractivity contribution is 6.01. The molecule has 3 aromatic carbocycles. The van der Waals surface area contributed by atoms with Gasteiger partial charge in [-0.25, -0.2) is 0 Å². The minimum absolute atomic E-state index is 0.807. The maximum atomic E-state index is 5.45. The summed E-state index contributed by atoms with van der Waals surface area (Å²) in [6.45, 7) is 5.34. The van der Waals surface area contributed by atoms with Crippen LogP contribution in [0, 0.1) is 0 Å². The number of hydrogen-bond acceptors (Lipinski definition) is 5. The van der Waals surface area contributed by atoms with Crippen LogP contribution in [0.3, 0.4) is 0 Å². The summed E-state index contributed by atoms with van der Waals surface area (Å²) in [7, 11) is 0. The van der Waals surface area contributed by atoms with Crippen LogP contribution in [0.1, 0.15) is 22.3 Å². The van der Waals surface area contributed by atoms with Crippen LogP contribution in [-0.2, 0) is 11.2 Å². The Morgan fingerprint density at radius 2 is 1.58 bits per heavy atom. The fourth-order valence-electron chi connectivity index (χ4n) is 4.78. The van der Waals surface area contributed by atoms with Gasteiger partial charge in [0.2, 0.25) is 0 Å². The van der Waals surface area contributed by atoms with Gasteiger partial charge in [0.25, 0.3) is 0 Å². The molecule has 1 saturated heterocycles. The van der Waals surface area contributed by atoms with E-state index in [0.717, 1.165) is 63.0 Å². The molecule has 2 N–H and O–H groups in total. The fourth-order valence-corrected chi connectivity index (χ4v) is 4.78. The Morgan fingerprint density at radius 3 is 2.30 bits per heavy atom. The number of fused-ring (bicyclic) bond motifs is 1. The van der Waals surface area contributed by atoms with E-state index in [1.54, 1.807) is 0 Å². The predicted molar refractivity (Wildman–Crippen MR) is 137 cm³/mol. The van der Waals surface area contributed by atoms with E-state index in [1.807, 2.05) is 0 Å². The van der Waals surface area contributed by atoms with E-state index in [-0.39, 0.29) is 0 Å². The van der Waals surface area contributed by atoms with Crippen molar-refractivity contribution in [1.29, 1.82) is 0 Å². The van der Waals surface area contributed by atoms with Gasteiger partial charge in [-0.15, -0.1) is 0 Å². The monoisotopic (exact) mass is 436 g/mol. The lowest BCUT2D eigenvalue weighted by molar-refractivity contribution is 0.122. The zero-order chi connectivity index (χ0) is 22.0. The van der Waals surface area contributed by atoms with Crippen LogP contribution in [0.15, 0.2) is 71.7 Å². The highest BCUT2D eigenvalue weighted by Crippen LogP contribution is 2.33. The molecule has 2 aliphatic heterocycles. The first-order chi connectivity index (χ1) is 16.3. The van der Waals surface area contributed by atoms with Gasteiger partial charge in [0.1, 0.15) is 5.84 Å². The number of benzene rings is 3. The van der Waals surface area contributed by atoms with Crippen molar-refractivity contribution in [2.75, 3.05) is 49.6 Å². The number of amidine groups is 1. The van der Waals surface area contributed by atoms with E-state index in [0.29, 0.717) is 0 Å². The molecule has 0 spiro atoms. The number of hydrogen-bond donors (Lipinski definition) is 2. The first-order valence-electron chi connectivity index (χ1n) is 11.7. The van der Waals surface area contributed by atoms with E-state index in [4.69, 9.17) is 4.74 Å². The van der Waals surface area contributed by atoms with Gasteiger partial charge in [0, 0.05) is 42.3 Å². The Hall–Kier alpha value is -3.57. The van der Waals surface area contributed by atoms with E-state index >= 15 is 0 Å². The Labute approximate surface area is 194 Å². The number of ether oxygens (including phenoxy) is 1. The van der Waals surface area contributed by atoms with Crippen molar-refractivity contribution in [2.24, 2.45) is 4.99 Å². The van der Waals surface area contributed by atoms with E-state index in [2.05, 4.69) is 93.3 Å². The van der Waals surface area contributed by atoms with Crippen LogP contribution in [0.25, 0.3) is 11.6 Å². The number of nitrogens with zero attached hydrogens (tertiary/aromatic N) is 2. The second-order valence-corrected chi connectivity index (χ2v) is 8.77. The molecule has 5 nitrogen and oxygen atoms in total. The summed E-state index contributed by atoms with van der Waals surface area (Å²) >= 11 is 0. The van der Waals surface area contributed by atoms with Crippen molar-refractivity contribution < 1.29 is 4.74 Å². The minimum Gasteiger partial charge on any atom is -0.378 e. The van der Waals surface area contributed by atoms with Gasteiger partial charge < -0.3 is 20.3 Å². The average Bonchev–Trinajstić information content (AvgIpc) is 3.55. The lowest BCUT2D eigenvalue weighted by atomic mass is 10.0. The topological polar surface area (TPSA) is 48.9 Å². The second kappa shape index (κ2) is 8.75. The highest BCUT2D eigenvalue weighted by Gasteiger charge is 2.17. The molecule has 1 fully saturated rings. The van der Waals surface area contributed by atoms with Gasteiger partial charge in [0.05, 0.1) is 19.8 Å². The maximum Gasteiger partial charge on any atom is 0.128 e. The normalized spacial score (nSPS) is 17.3. The summed E-state index contributed by atoms with van der Waals surface area (Å²) in [4.78, 5) is 6.93. The largest absolute Gasteiger partial charge is 0.378 e. The van der Waals surface area contributed by atoms with Crippen LogP contribution in [0.4, 0.5) is 17.1 Å². The molecule has 2 heterocycles. The molecule has 0 amide bonds. The summed E-state index contributed by atoms with van der Waals surface area (Å²) in [5.74, 6) is 1.03. The van der Waals surface area contributed by atoms with Crippen molar-refractivity contribution in [3.8, 4) is 0 Å². The summed E-state index contributed by atoms with van der Waals surface area (Å²) in [5, 5.41) is 6.90. The molecule has 5 heteroatoms. The molecule has 3 aliphatic rings. The Morgan fingerprint density at radius 1 is 0.848 bits per heavy atom. The Balaban J connectivity index is 1.11. The third kappa shape index (κ3) is 4.24. The van der Waals surface area contributed by atoms with Crippen molar-refractivity contribution in [2.45, 2.75) is 6.42 Å². The summed E-state index contributed by atoms with van der Waals surface area (Å²) < 4.78 is 5.45. The number of aliphatic imine (C=N–C) groups is 1. The molecule has 0 bridgehead atoms. The predicted octanol–water partition coefficient (Wildman–Crippen LogP) is 4.71. The molecule has 1 aliphatic carbocycles. The second-order valence-electron chi connectivity index (χ2n) is 8.77. The van der Waals surface area contributed by atoms with Crippen LogP contribution in [0.2, 0.25) is 0 Å². The maximum absolute atomic E-state index is 5.45. The van der Waals surface area contributed by atoms with Gasteiger partial charge in [-0.05, 0) is 71.1 Å². The van der Waals surface area contributed by atoms with Crippen molar-refractivity contribution >= 4 is 34.5 Å². The van der Waals surface area contributed by atoms with Gasteiger partial charge >= 0.3 is 0 Å². The molecule has 0 unspecified atom stereocenters. The standard InChI is InChI=1S/C28H28N4O/c1-2-22(28-29-11-12-30-28)18-24-19-23(17-21(1)24)20-3-5-25(6-4-20)31-26-7-9-27(10-8-26)32-13-15-33-16-14-32/h1-10,17-18,31H,11-16,19H2,(H,29,30). The van der Waals surface area contributed by atoms with Gasteiger partial charge in [0.15, 0.2) is 0 Å². The van der Waals surface area contributed by atoms with Crippen LogP contribution < -0.4 is 15.5 Å². The molecule has 33 heavy (non-hydrogen) atoms. The average molecular weight is 437 g/mol. The summed E-state index contributed by atoms with van der Waals surface area (Å²) in [6, 6.07) is 24.1. The molecule has 0 atom stereocenters. The molecule has 3 aromatic rings.